The average molecular weight is 311 g/mol. The molecular formula is C14H19BrN2O. The molecule has 0 aliphatic carbocycles. The number of halogens is 1. The van der Waals surface area contributed by atoms with Gasteiger partial charge in [0.05, 0.1) is 0 Å². The van der Waals surface area contributed by atoms with Crippen LogP contribution in [0.3, 0.4) is 0 Å². The smallest absolute Gasteiger partial charge is 0.242 e. The lowest BCUT2D eigenvalue weighted by Gasteiger charge is -2.18. The third kappa shape index (κ3) is 3.05. The molecular weight excluding hydrogens is 292 g/mol. The van der Waals surface area contributed by atoms with E-state index in [2.05, 4.69) is 52.5 Å². The highest BCUT2D eigenvalue weighted by Gasteiger charge is 2.20. The van der Waals surface area contributed by atoms with E-state index in [1.54, 1.807) is 0 Å². The second-order valence-electron chi connectivity index (χ2n) is 4.91. The van der Waals surface area contributed by atoms with Crippen LogP contribution in [-0.4, -0.2) is 18.5 Å². The standard InChI is InChI=1S/C14H19BrN2O/c1-9-7-11(8-10(2)13(9)15)17-12-5-3-4-6-16-14(12)18/h7-8,12,17H,3-6H2,1-2H3,(H,16,18). The molecule has 1 heterocycles. The largest absolute Gasteiger partial charge is 0.374 e. The number of hydrogen-bond donors (Lipinski definition) is 2. The molecule has 1 aromatic carbocycles. The minimum absolute atomic E-state index is 0.104. The number of carbonyl (C=O) groups is 1. The molecule has 1 amide bonds. The van der Waals surface area contributed by atoms with Crippen molar-refractivity contribution < 1.29 is 4.79 Å². The van der Waals surface area contributed by atoms with Crippen molar-refractivity contribution in [3.05, 3.63) is 27.7 Å². The molecule has 0 radical (unpaired) electrons. The van der Waals surface area contributed by atoms with Crippen molar-refractivity contribution in [1.29, 1.82) is 0 Å². The van der Waals surface area contributed by atoms with Crippen molar-refractivity contribution in [2.75, 3.05) is 11.9 Å². The predicted octanol–water partition coefficient (Wildman–Crippen LogP) is 3.15. The van der Waals surface area contributed by atoms with Crippen molar-refractivity contribution in [2.24, 2.45) is 0 Å². The summed E-state index contributed by atoms with van der Waals surface area (Å²) < 4.78 is 1.14. The summed E-state index contributed by atoms with van der Waals surface area (Å²) in [6, 6.07) is 4.05. The van der Waals surface area contributed by atoms with Gasteiger partial charge in [0.2, 0.25) is 5.91 Å². The zero-order valence-corrected chi connectivity index (χ0v) is 12.4. The van der Waals surface area contributed by atoms with Gasteiger partial charge in [-0.05, 0) is 56.4 Å². The number of rotatable bonds is 2. The average Bonchev–Trinajstić information content (AvgIpc) is 2.52. The second-order valence-corrected chi connectivity index (χ2v) is 5.70. The Morgan fingerprint density at radius 1 is 1.28 bits per heavy atom. The van der Waals surface area contributed by atoms with Crippen LogP contribution in [0.15, 0.2) is 16.6 Å². The molecule has 2 N–H and O–H groups in total. The first-order chi connectivity index (χ1) is 8.58. The maximum absolute atomic E-state index is 11.9. The van der Waals surface area contributed by atoms with Crippen LogP contribution in [0, 0.1) is 13.8 Å². The van der Waals surface area contributed by atoms with Crippen molar-refractivity contribution in [1.82, 2.24) is 5.32 Å². The van der Waals surface area contributed by atoms with Crippen LogP contribution in [0.2, 0.25) is 0 Å². The normalized spacial score (nSPS) is 20.2. The van der Waals surface area contributed by atoms with Gasteiger partial charge in [-0.3, -0.25) is 4.79 Å². The van der Waals surface area contributed by atoms with E-state index in [-0.39, 0.29) is 11.9 Å². The zero-order chi connectivity index (χ0) is 13.1. The van der Waals surface area contributed by atoms with E-state index >= 15 is 0 Å². The Hall–Kier alpha value is -1.03. The Morgan fingerprint density at radius 3 is 2.61 bits per heavy atom. The summed E-state index contributed by atoms with van der Waals surface area (Å²) in [7, 11) is 0. The molecule has 3 nitrogen and oxygen atoms in total. The third-order valence-electron chi connectivity index (χ3n) is 3.31. The molecule has 98 valence electrons. The predicted molar refractivity (Wildman–Crippen MR) is 77.9 cm³/mol. The highest BCUT2D eigenvalue weighted by Crippen LogP contribution is 2.26. The number of nitrogens with one attached hydrogen (secondary N) is 2. The first-order valence-corrected chi connectivity index (χ1v) is 7.18. The van der Waals surface area contributed by atoms with Crippen LogP contribution >= 0.6 is 15.9 Å². The SMILES string of the molecule is Cc1cc(NC2CCCCNC2=O)cc(C)c1Br. The molecule has 1 unspecified atom stereocenters. The van der Waals surface area contributed by atoms with Gasteiger partial charge < -0.3 is 10.6 Å². The molecule has 1 aliphatic rings. The summed E-state index contributed by atoms with van der Waals surface area (Å²) in [6.07, 6.45) is 3.06. The van der Waals surface area contributed by atoms with Gasteiger partial charge >= 0.3 is 0 Å². The number of hydrogen-bond acceptors (Lipinski definition) is 2. The van der Waals surface area contributed by atoms with E-state index in [0.29, 0.717) is 0 Å². The van der Waals surface area contributed by atoms with Gasteiger partial charge in [-0.25, -0.2) is 0 Å². The minimum Gasteiger partial charge on any atom is -0.374 e. The van der Waals surface area contributed by atoms with Gasteiger partial charge in [0.25, 0.3) is 0 Å². The maximum Gasteiger partial charge on any atom is 0.242 e. The van der Waals surface area contributed by atoms with Crippen molar-refractivity contribution in [2.45, 2.75) is 39.2 Å². The Labute approximate surface area is 116 Å². The number of amides is 1. The van der Waals surface area contributed by atoms with Crippen molar-refractivity contribution in [3.63, 3.8) is 0 Å². The lowest BCUT2D eigenvalue weighted by atomic mass is 10.1. The van der Waals surface area contributed by atoms with Gasteiger partial charge in [0.1, 0.15) is 6.04 Å². The molecule has 1 saturated heterocycles. The van der Waals surface area contributed by atoms with Crippen molar-refractivity contribution >= 4 is 27.5 Å². The van der Waals surface area contributed by atoms with E-state index in [1.807, 2.05) is 0 Å². The molecule has 1 aromatic rings. The Morgan fingerprint density at radius 2 is 1.94 bits per heavy atom. The maximum atomic E-state index is 11.9. The zero-order valence-electron chi connectivity index (χ0n) is 10.8. The quantitative estimate of drug-likeness (QED) is 0.881. The molecule has 1 atom stereocenters. The molecule has 0 bridgehead atoms. The molecule has 4 heteroatoms. The Kier molecular flexibility index (Phi) is 4.27. The fourth-order valence-electron chi connectivity index (χ4n) is 2.31. The number of aryl methyl sites for hydroxylation is 2. The summed E-state index contributed by atoms with van der Waals surface area (Å²) in [5, 5.41) is 6.29. The topological polar surface area (TPSA) is 41.1 Å². The molecule has 18 heavy (non-hydrogen) atoms. The van der Waals surface area contributed by atoms with Crippen LogP contribution in [0.5, 0.6) is 0 Å². The number of anilines is 1. The van der Waals surface area contributed by atoms with E-state index in [0.717, 1.165) is 36.0 Å². The van der Waals surface area contributed by atoms with Gasteiger partial charge in [0.15, 0.2) is 0 Å². The first kappa shape index (κ1) is 13.4. The molecule has 1 aliphatic heterocycles. The fraction of sp³-hybridized carbons (Fsp3) is 0.500. The van der Waals surface area contributed by atoms with Crippen molar-refractivity contribution in [3.8, 4) is 0 Å². The Balaban J connectivity index is 2.15. The Bertz CT molecular complexity index is 436. The van der Waals surface area contributed by atoms with E-state index in [9.17, 15) is 4.79 Å². The summed E-state index contributed by atoms with van der Waals surface area (Å²) in [6.45, 7) is 4.93. The van der Waals surface area contributed by atoms with Gasteiger partial charge in [-0.2, -0.15) is 0 Å². The molecule has 0 aromatic heterocycles. The highest BCUT2D eigenvalue weighted by molar-refractivity contribution is 9.10. The van der Waals surface area contributed by atoms with Crippen LogP contribution in [-0.2, 0) is 4.79 Å². The highest BCUT2D eigenvalue weighted by atomic mass is 79.9. The molecule has 2 rings (SSSR count). The van der Waals surface area contributed by atoms with E-state index < -0.39 is 0 Å². The van der Waals surface area contributed by atoms with E-state index in [1.165, 1.54) is 11.1 Å². The third-order valence-corrected chi connectivity index (χ3v) is 4.56. The van der Waals surface area contributed by atoms with Crippen LogP contribution in [0.25, 0.3) is 0 Å². The van der Waals surface area contributed by atoms with Gasteiger partial charge in [0, 0.05) is 16.7 Å². The summed E-state index contributed by atoms with van der Waals surface area (Å²) in [5.41, 5.74) is 3.40. The first-order valence-electron chi connectivity index (χ1n) is 6.39. The number of benzene rings is 1. The summed E-state index contributed by atoms with van der Waals surface area (Å²) >= 11 is 3.56. The lowest BCUT2D eigenvalue weighted by Crippen LogP contribution is -2.37. The molecule has 0 saturated carbocycles. The number of carbonyl (C=O) groups excluding carboxylic acids is 1. The van der Waals surface area contributed by atoms with Crippen LogP contribution in [0.1, 0.15) is 30.4 Å². The summed E-state index contributed by atoms with van der Waals surface area (Å²) in [4.78, 5) is 11.9. The summed E-state index contributed by atoms with van der Waals surface area (Å²) in [5.74, 6) is 0.116. The molecule has 1 fully saturated rings. The van der Waals surface area contributed by atoms with Gasteiger partial charge in [-0.15, -0.1) is 0 Å². The van der Waals surface area contributed by atoms with Gasteiger partial charge in [-0.1, -0.05) is 15.9 Å². The minimum atomic E-state index is -0.104. The van der Waals surface area contributed by atoms with Crippen LogP contribution < -0.4 is 10.6 Å². The van der Waals surface area contributed by atoms with E-state index in [4.69, 9.17) is 0 Å². The molecule has 0 spiro atoms. The fourth-order valence-corrected chi connectivity index (χ4v) is 2.54. The monoisotopic (exact) mass is 310 g/mol. The lowest BCUT2D eigenvalue weighted by molar-refractivity contribution is -0.121. The second kappa shape index (κ2) is 5.74. The van der Waals surface area contributed by atoms with Crippen LogP contribution in [0.4, 0.5) is 5.69 Å².